The minimum absolute atomic E-state index is 0. The van der Waals surface area contributed by atoms with Gasteiger partial charge in [-0.05, 0) is 31.7 Å². The molecule has 0 saturated carbocycles. The summed E-state index contributed by atoms with van der Waals surface area (Å²) in [4.78, 5) is 14.6. The molecule has 1 unspecified atom stereocenters. The number of nitrogens with one attached hydrogen (secondary N) is 1. The third-order valence-corrected chi connectivity index (χ3v) is 4.72. The second kappa shape index (κ2) is 8.55. The van der Waals surface area contributed by atoms with Crippen LogP contribution in [0.3, 0.4) is 0 Å². The molecule has 1 fully saturated rings. The van der Waals surface area contributed by atoms with Gasteiger partial charge < -0.3 is 10.2 Å². The number of piperidine rings is 1. The van der Waals surface area contributed by atoms with Crippen molar-refractivity contribution in [2.24, 2.45) is 0 Å². The summed E-state index contributed by atoms with van der Waals surface area (Å²) in [5, 5.41) is 3.23. The number of rotatable bonds is 4. The normalized spacial score (nSPS) is 17.4. The number of nitrogens with zero attached hydrogens (tertiary/aromatic N) is 1. The first-order valence-electron chi connectivity index (χ1n) is 6.80. The summed E-state index contributed by atoms with van der Waals surface area (Å²) in [6.45, 7) is 1.74. The molecule has 1 N–H and O–H groups in total. The van der Waals surface area contributed by atoms with Crippen LogP contribution in [-0.2, 0) is 4.79 Å². The van der Waals surface area contributed by atoms with Crippen molar-refractivity contribution in [1.29, 1.82) is 0 Å². The van der Waals surface area contributed by atoms with E-state index in [0.717, 1.165) is 31.5 Å². The van der Waals surface area contributed by atoms with Crippen LogP contribution in [0, 0.1) is 0 Å². The van der Waals surface area contributed by atoms with Crippen molar-refractivity contribution in [1.82, 2.24) is 10.2 Å². The van der Waals surface area contributed by atoms with Crippen molar-refractivity contribution in [3.8, 4) is 0 Å². The first-order chi connectivity index (χ1) is 9.26. The lowest BCUT2D eigenvalue weighted by atomic mass is 10.0. The Kier molecular flexibility index (Phi) is 7.41. The van der Waals surface area contributed by atoms with Crippen molar-refractivity contribution in [2.45, 2.75) is 24.1 Å². The maximum Gasteiger partial charge on any atom is 0.240 e. The SMILES string of the molecule is CNC1CCN(C(=O)C(SC)c2ccccc2)CC1.Cl. The highest BCUT2D eigenvalue weighted by molar-refractivity contribution is 7.99. The Hall–Kier alpha value is -0.710. The molecule has 0 bridgehead atoms. The van der Waals surface area contributed by atoms with E-state index in [1.165, 1.54) is 0 Å². The summed E-state index contributed by atoms with van der Waals surface area (Å²) in [5.41, 5.74) is 1.11. The smallest absolute Gasteiger partial charge is 0.240 e. The van der Waals surface area contributed by atoms with Crippen molar-refractivity contribution >= 4 is 30.1 Å². The van der Waals surface area contributed by atoms with E-state index in [1.54, 1.807) is 11.8 Å². The van der Waals surface area contributed by atoms with Gasteiger partial charge in [0.05, 0.1) is 0 Å². The van der Waals surface area contributed by atoms with E-state index in [4.69, 9.17) is 0 Å². The molecule has 3 nitrogen and oxygen atoms in total. The summed E-state index contributed by atoms with van der Waals surface area (Å²) in [7, 11) is 2.00. The van der Waals surface area contributed by atoms with Gasteiger partial charge in [0.2, 0.25) is 5.91 Å². The molecule has 1 heterocycles. The van der Waals surface area contributed by atoms with Gasteiger partial charge in [0.15, 0.2) is 0 Å². The quantitative estimate of drug-likeness (QED) is 0.927. The zero-order valence-corrected chi connectivity index (χ0v) is 13.7. The predicted molar refractivity (Wildman–Crippen MR) is 88.6 cm³/mol. The standard InChI is InChI=1S/C15H22N2OS.ClH/c1-16-13-8-10-17(11-9-13)15(18)14(19-2)12-6-4-3-5-7-12;/h3-7,13-14,16H,8-11H2,1-2H3;1H. The van der Waals surface area contributed by atoms with Crippen molar-refractivity contribution in [3.63, 3.8) is 0 Å². The molecule has 0 spiro atoms. The van der Waals surface area contributed by atoms with Crippen LogP contribution in [0.1, 0.15) is 23.7 Å². The Bertz CT molecular complexity index is 408. The lowest BCUT2D eigenvalue weighted by Crippen LogP contribution is -2.45. The van der Waals surface area contributed by atoms with Gasteiger partial charge in [-0.15, -0.1) is 24.2 Å². The number of hydrogen-bond donors (Lipinski definition) is 1. The van der Waals surface area contributed by atoms with Crippen LogP contribution < -0.4 is 5.32 Å². The minimum atomic E-state index is -0.0627. The number of carbonyl (C=O) groups is 1. The Labute approximate surface area is 131 Å². The maximum absolute atomic E-state index is 12.6. The van der Waals surface area contributed by atoms with Gasteiger partial charge in [0, 0.05) is 19.1 Å². The van der Waals surface area contributed by atoms with Crippen LogP contribution in [0.2, 0.25) is 0 Å². The Morgan fingerprint density at radius 1 is 1.30 bits per heavy atom. The van der Waals surface area contributed by atoms with Gasteiger partial charge in [0.1, 0.15) is 5.25 Å². The molecule has 1 aromatic rings. The lowest BCUT2D eigenvalue weighted by Gasteiger charge is -2.33. The topological polar surface area (TPSA) is 32.3 Å². The molecule has 1 atom stereocenters. The first kappa shape index (κ1) is 17.3. The molecular weight excluding hydrogens is 292 g/mol. The molecule has 0 aliphatic carbocycles. The van der Waals surface area contributed by atoms with Gasteiger partial charge in [-0.1, -0.05) is 30.3 Å². The van der Waals surface area contributed by atoms with Gasteiger partial charge in [-0.25, -0.2) is 0 Å². The number of likely N-dealkylation sites (tertiary alicyclic amines) is 1. The van der Waals surface area contributed by atoms with E-state index >= 15 is 0 Å². The molecule has 112 valence electrons. The second-order valence-corrected chi connectivity index (χ2v) is 5.86. The Morgan fingerprint density at radius 2 is 1.90 bits per heavy atom. The van der Waals surface area contributed by atoms with E-state index in [2.05, 4.69) is 5.32 Å². The van der Waals surface area contributed by atoms with Crippen LogP contribution in [0.25, 0.3) is 0 Å². The Balaban J connectivity index is 0.00000200. The van der Waals surface area contributed by atoms with Crippen LogP contribution in [0.15, 0.2) is 30.3 Å². The molecule has 1 aliphatic heterocycles. The van der Waals surface area contributed by atoms with Crippen LogP contribution in [0.5, 0.6) is 0 Å². The van der Waals surface area contributed by atoms with Crippen LogP contribution in [0.4, 0.5) is 0 Å². The van der Waals surface area contributed by atoms with E-state index in [9.17, 15) is 4.79 Å². The number of thioether (sulfide) groups is 1. The molecule has 20 heavy (non-hydrogen) atoms. The highest BCUT2D eigenvalue weighted by Gasteiger charge is 2.28. The van der Waals surface area contributed by atoms with Crippen molar-refractivity contribution < 1.29 is 4.79 Å². The first-order valence-corrected chi connectivity index (χ1v) is 8.09. The average Bonchev–Trinajstić information content (AvgIpc) is 2.49. The highest BCUT2D eigenvalue weighted by atomic mass is 35.5. The van der Waals surface area contributed by atoms with Crippen molar-refractivity contribution in [2.75, 3.05) is 26.4 Å². The largest absolute Gasteiger partial charge is 0.341 e. The predicted octanol–water partition coefficient (Wildman–Crippen LogP) is 2.72. The molecule has 1 aliphatic rings. The third-order valence-electron chi connectivity index (χ3n) is 3.78. The van der Waals surface area contributed by atoms with Crippen LogP contribution in [-0.4, -0.2) is 43.2 Å². The fourth-order valence-electron chi connectivity index (χ4n) is 2.56. The zero-order chi connectivity index (χ0) is 13.7. The molecular formula is C15H23ClN2OS. The summed E-state index contributed by atoms with van der Waals surface area (Å²) < 4.78 is 0. The molecule has 5 heteroatoms. The van der Waals surface area contributed by atoms with E-state index in [1.807, 2.05) is 48.5 Å². The van der Waals surface area contributed by atoms with Gasteiger partial charge in [-0.2, -0.15) is 0 Å². The number of amides is 1. The molecule has 1 amide bonds. The second-order valence-electron chi connectivity index (χ2n) is 4.91. The molecule has 0 radical (unpaired) electrons. The van der Waals surface area contributed by atoms with Gasteiger partial charge in [0.25, 0.3) is 0 Å². The number of benzene rings is 1. The fraction of sp³-hybridized carbons (Fsp3) is 0.533. The van der Waals surface area contributed by atoms with E-state index < -0.39 is 0 Å². The molecule has 2 rings (SSSR count). The molecule has 1 aromatic carbocycles. The summed E-state index contributed by atoms with van der Waals surface area (Å²) >= 11 is 1.62. The Morgan fingerprint density at radius 3 is 2.40 bits per heavy atom. The lowest BCUT2D eigenvalue weighted by molar-refractivity contribution is -0.131. The summed E-state index contributed by atoms with van der Waals surface area (Å²) in [6.07, 6.45) is 4.12. The number of hydrogen-bond acceptors (Lipinski definition) is 3. The highest BCUT2D eigenvalue weighted by Crippen LogP contribution is 2.29. The minimum Gasteiger partial charge on any atom is -0.341 e. The summed E-state index contributed by atoms with van der Waals surface area (Å²) in [5.74, 6) is 0.258. The third kappa shape index (κ3) is 4.14. The van der Waals surface area contributed by atoms with Crippen LogP contribution >= 0.6 is 24.2 Å². The number of halogens is 1. The maximum atomic E-state index is 12.6. The zero-order valence-electron chi connectivity index (χ0n) is 12.0. The van der Waals surface area contributed by atoms with E-state index in [-0.39, 0.29) is 23.6 Å². The van der Waals surface area contributed by atoms with E-state index in [0.29, 0.717) is 6.04 Å². The fourth-order valence-corrected chi connectivity index (χ4v) is 3.34. The van der Waals surface area contributed by atoms with Gasteiger partial charge in [-0.3, -0.25) is 4.79 Å². The summed E-state index contributed by atoms with van der Waals surface area (Å²) in [6, 6.07) is 10.6. The average molecular weight is 315 g/mol. The van der Waals surface area contributed by atoms with Gasteiger partial charge >= 0.3 is 0 Å². The monoisotopic (exact) mass is 314 g/mol. The number of carbonyl (C=O) groups excluding carboxylic acids is 1. The van der Waals surface area contributed by atoms with Crippen molar-refractivity contribution in [3.05, 3.63) is 35.9 Å². The molecule has 0 aromatic heterocycles. The molecule has 1 saturated heterocycles.